The Morgan fingerprint density at radius 3 is 2.00 bits per heavy atom. The zero-order chi connectivity index (χ0) is 20.7. The molecule has 2 atom stereocenters. The Bertz CT molecular complexity index is 781. The number of aromatic hydroxyl groups is 1. The number of phenols is 1. The van der Waals surface area contributed by atoms with E-state index >= 15 is 0 Å². The van der Waals surface area contributed by atoms with E-state index in [1.165, 1.54) is 12.7 Å². The topological polar surface area (TPSA) is 75.6 Å². The van der Waals surface area contributed by atoms with Gasteiger partial charge in [0.05, 0.1) is 13.0 Å². The zero-order valence-corrected chi connectivity index (χ0v) is 16.9. The number of nitrogens with one attached hydrogen (secondary N) is 1. The summed E-state index contributed by atoms with van der Waals surface area (Å²) in [6, 6.07) is 13.8. The van der Waals surface area contributed by atoms with Gasteiger partial charge in [0.1, 0.15) is 11.8 Å². The van der Waals surface area contributed by atoms with Gasteiger partial charge in [0.2, 0.25) is 5.91 Å². The number of ether oxygens (including phenoxy) is 1. The summed E-state index contributed by atoms with van der Waals surface area (Å²) in [6.07, 6.45) is 1.29. The molecule has 1 amide bonds. The lowest BCUT2D eigenvalue weighted by Gasteiger charge is -2.20. The number of phenolic OH excluding ortho intramolecular Hbond substituents is 1. The maximum Gasteiger partial charge on any atom is 0.328 e. The van der Waals surface area contributed by atoms with E-state index < -0.39 is 12.0 Å². The van der Waals surface area contributed by atoms with Crippen LogP contribution in [-0.2, 0) is 27.2 Å². The second-order valence-electron chi connectivity index (χ2n) is 7.52. The van der Waals surface area contributed by atoms with Crippen LogP contribution in [0.2, 0.25) is 0 Å². The molecule has 5 nitrogen and oxygen atoms in total. The fourth-order valence-corrected chi connectivity index (χ4v) is 3.07. The van der Waals surface area contributed by atoms with Gasteiger partial charge in [-0.2, -0.15) is 0 Å². The van der Waals surface area contributed by atoms with Crippen LogP contribution < -0.4 is 5.32 Å². The largest absolute Gasteiger partial charge is 0.508 e. The van der Waals surface area contributed by atoms with E-state index in [0.717, 1.165) is 17.5 Å². The summed E-state index contributed by atoms with van der Waals surface area (Å²) >= 11 is 0. The number of carbonyl (C=O) groups excluding carboxylic acids is 2. The van der Waals surface area contributed by atoms with Crippen molar-refractivity contribution in [3.05, 3.63) is 65.2 Å². The summed E-state index contributed by atoms with van der Waals surface area (Å²) in [5.74, 6) is -0.393. The fourth-order valence-electron chi connectivity index (χ4n) is 3.07. The maximum absolute atomic E-state index is 12.7. The quantitative estimate of drug-likeness (QED) is 0.683. The van der Waals surface area contributed by atoms with E-state index in [-0.39, 0.29) is 17.6 Å². The number of esters is 1. The molecule has 0 saturated heterocycles. The van der Waals surface area contributed by atoms with Crippen LogP contribution >= 0.6 is 0 Å². The number of carbonyl (C=O) groups is 2. The lowest BCUT2D eigenvalue weighted by atomic mass is 9.95. The minimum Gasteiger partial charge on any atom is -0.508 e. The van der Waals surface area contributed by atoms with E-state index in [2.05, 4.69) is 19.2 Å². The third-order valence-corrected chi connectivity index (χ3v) is 4.70. The van der Waals surface area contributed by atoms with Gasteiger partial charge in [-0.15, -0.1) is 0 Å². The predicted octanol–water partition coefficient (Wildman–Crippen LogP) is 3.59. The van der Waals surface area contributed by atoms with Crippen molar-refractivity contribution < 1.29 is 19.4 Å². The smallest absolute Gasteiger partial charge is 0.328 e. The van der Waals surface area contributed by atoms with Gasteiger partial charge >= 0.3 is 5.97 Å². The van der Waals surface area contributed by atoms with Crippen molar-refractivity contribution in [3.63, 3.8) is 0 Å². The van der Waals surface area contributed by atoms with E-state index in [9.17, 15) is 14.7 Å². The molecule has 2 aromatic carbocycles. The number of hydrogen-bond acceptors (Lipinski definition) is 4. The first kappa shape index (κ1) is 21.5. The van der Waals surface area contributed by atoms with Crippen molar-refractivity contribution in [1.82, 2.24) is 5.32 Å². The molecule has 0 heterocycles. The Labute approximate surface area is 166 Å². The van der Waals surface area contributed by atoms with E-state index in [1.807, 2.05) is 31.2 Å². The summed E-state index contributed by atoms with van der Waals surface area (Å²) in [6.45, 7) is 6.16. The van der Waals surface area contributed by atoms with Gasteiger partial charge in [-0.3, -0.25) is 4.79 Å². The average molecular weight is 383 g/mol. The van der Waals surface area contributed by atoms with Crippen LogP contribution in [0.4, 0.5) is 0 Å². The molecule has 0 aromatic heterocycles. The highest BCUT2D eigenvalue weighted by atomic mass is 16.5. The molecule has 0 aliphatic rings. The molecular weight excluding hydrogens is 354 g/mol. The highest BCUT2D eigenvalue weighted by Crippen LogP contribution is 2.19. The molecule has 0 bridgehead atoms. The van der Waals surface area contributed by atoms with Crippen LogP contribution in [0.25, 0.3) is 0 Å². The molecule has 150 valence electrons. The van der Waals surface area contributed by atoms with E-state index in [4.69, 9.17) is 4.74 Å². The molecule has 0 aliphatic heterocycles. The Hall–Kier alpha value is -2.82. The van der Waals surface area contributed by atoms with Gasteiger partial charge in [0.25, 0.3) is 0 Å². The van der Waals surface area contributed by atoms with Gasteiger partial charge in [0.15, 0.2) is 0 Å². The summed E-state index contributed by atoms with van der Waals surface area (Å²) < 4.78 is 4.84. The minimum absolute atomic E-state index is 0.150. The summed E-state index contributed by atoms with van der Waals surface area (Å²) in [5, 5.41) is 12.2. The molecule has 0 fully saturated rings. The highest BCUT2D eigenvalue weighted by Gasteiger charge is 2.25. The predicted molar refractivity (Wildman–Crippen MR) is 109 cm³/mol. The normalized spacial score (nSPS) is 13.0. The molecule has 0 saturated carbocycles. The first-order valence-electron chi connectivity index (χ1n) is 9.55. The molecule has 0 spiro atoms. The Balaban J connectivity index is 2.07. The lowest BCUT2D eigenvalue weighted by Crippen LogP contribution is -2.44. The van der Waals surface area contributed by atoms with Crippen LogP contribution in [0.3, 0.4) is 0 Å². The summed E-state index contributed by atoms with van der Waals surface area (Å²) in [4.78, 5) is 24.9. The van der Waals surface area contributed by atoms with E-state index in [0.29, 0.717) is 12.3 Å². The molecule has 5 heteroatoms. The zero-order valence-electron chi connectivity index (χ0n) is 16.9. The van der Waals surface area contributed by atoms with Crippen molar-refractivity contribution in [2.45, 2.75) is 45.6 Å². The van der Waals surface area contributed by atoms with Crippen LogP contribution in [0, 0.1) is 5.92 Å². The third kappa shape index (κ3) is 6.12. The van der Waals surface area contributed by atoms with Crippen molar-refractivity contribution in [1.29, 1.82) is 0 Å². The Morgan fingerprint density at radius 1 is 0.929 bits per heavy atom. The molecule has 0 aliphatic carbocycles. The minimum atomic E-state index is -0.787. The van der Waals surface area contributed by atoms with Crippen LogP contribution in [0.1, 0.15) is 43.4 Å². The van der Waals surface area contributed by atoms with Crippen molar-refractivity contribution >= 4 is 11.9 Å². The molecule has 28 heavy (non-hydrogen) atoms. The number of methoxy groups -OCH3 is 1. The molecule has 0 radical (unpaired) electrons. The van der Waals surface area contributed by atoms with Gasteiger partial charge in [0, 0.05) is 6.42 Å². The Kier molecular flexibility index (Phi) is 7.61. The number of hydrogen-bond donors (Lipinski definition) is 2. The Morgan fingerprint density at radius 2 is 1.46 bits per heavy atom. The van der Waals surface area contributed by atoms with Gasteiger partial charge in [-0.05, 0) is 48.1 Å². The van der Waals surface area contributed by atoms with E-state index in [1.54, 1.807) is 24.3 Å². The standard InChI is InChI=1S/C23H29NO4/c1-15(2)13-17-5-9-19(10-6-17)16(3)22(26)24-21(23(27)28-4)14-18-7-11-20(25)12-8-18/h5-12,15-16,21,25H,13-14H2,1-4H3,(H,24,26)/t16?,21-/m0/s1. The molecule has 1 unspecified atom stereocenters. The summed E-state index contributed by atoms with van der Waals surface area (Å²) in [7, 11) is 1.30. The molecular formula is C23H29NO4. The van der Waals surface area contributed by atoms with Gasteiger partial charge in [-0.25, -0.2) is 4.79 Å². The lowest BCUT2D eigenvalue weighted by molar-refractivity contribution is -0.145. The fraction of sp³-hybridized carbons (Fsp3) is 0.391. The number of amides is 1. The van der Waals surface area contributed by atoms with Crippen LogP contribution in [0.15, 0.2) is 48.5 Å². The first-order valence-corrected chi connectivity index (χ1v) is 9.55. The monoisotopic (exact) mass is 383 g/mol. The average Bonchev–Trinajstić information content (AvgIpc) is 2.68. The number of benzene rings is 2. The van der Waals surface area contributed by atoms with Crippen molar-refractivity contribution in [3.8, 4) is 5.75 Å². The van der Waals surface area contributed by atoms with Crippen molar-refractivity contribution in [2.24, 2.45) is 5.92 Å². The molecule has 2 rings (SSSR count). The first-order chi connectivity index (χ1) is 13.3. The van der Waals surface area contributed by atoms with Crippen LogP contribution in [0.5, 0.6) is 5.75 Å². The second-order valence-corrected chi connectivity index (χ2v) is 7.52. The SMILES string of the molecule is COC(=O)[C@H](Cc1ccc(O)cc1)NC(=O)C(C)c1ccc(CC(C)C)cc1. The van der Waals surface area contributed by atoms with Gasteiger partial charge < -0.3 is 15.2 Å². The third-order valence-electron chi connectivity index (χ3n) is 4.70. The molecule has 2 N–H and O–H groups in total. The highest BCUT2D eigenvalue weighted by molar-refractivity contribution is 5.88. The van der Waals surface area contributed by atoms with Crippen molar-refractivity contribution in [2.75, 3.05) is 7.11 Å². The van der Waals surface area contributed by atoms with Gasteiger partial charge in [-0.1, -0.05) is 50.2 Å². The summed E-state index contributed by atoms with van der Waals surface area (Å²) in [5.41, 5.74) is 2.96. The second kappa shape index (κ2) is 9.93. The maximum atomic E-state index is 12.7. The molecule has 2 aromatic rings. The number of rotatable bonds is 8. The van der Waals surface area contributed by atoms with Crippen LogP contribution in [-0.4, -0.2) is 30.1 Å².